The minimum Gasteiger partial charge on any atom is -0.462 e. The molecule has 1 unspecified atom stereocenters. The Balaban J connectivity index is 1.96. The predicted octanol–water partition coefficient (Wildman–Crippen LogP) is 3.22. The van der Waals surface area contributed by atoms with Crippen LogP contribution in [0, 0.1) is 5.41 Å². The summed E-state index contributed by atoms with van der Waals surface area (Å²) in [5.41, 5.74) is -0.0932. The highest BCUT2D eigenvalue weighted by Gasteiger charge is 2.48. The number of ether oxygens (including phenoxy) is 1. The lowest BCUT2D eigenvalue weighted by Crippen LogP contribution is -2.28. The highest BCUT2D eigenvalue weighted by Crippen LogP contribution is 2.46. The first kappa shape index (κ1) is 10.7. The Hall–Kier alpha value is -0.790. The molecule has 15 heavy (non-hydrogen) atoms. The van der Waals surface area contributed by atoms with Gasteiger partial charge in [-0.25, -0.2) is 0 Å². The van der Waals surface area contributed by atoms with Crippen LogP contribution in [0.15, 0.2) is 12.7 Å². The molecule has 0 amide bonds. The third-order valence-corrected chi connectivity index (χ3v) is 3.83. The molecule has 2 aliphatic rings. The lowest BCUT2D eigenvalue weighted by molar-refractivity contribution is -0.150. The SMILES string of the molecule is C=CCCC1CC2(CCCCC2)C(=O)O1. The first-order valence-electron chi connectivity index (χ1n) is 6.09. The fraction of sp³-hybridized carbons (Fsp3) is 0.769. The summed E-state index contributed by atoms with van der Waals surface area (Å²) in [6.07, 6.45) is 10.7. The average molecular weight is 208 g/mol. The van der Waals surface area contributed by atoms with Crippen molar-refractivity contribution in [2.75, 3.05) is 0 Å². The van der Waals surface area contributed by atoms with Crippen molar-refractivity contribution in [3.63, 3.8) is 0 Å². The lowest BCUT2D eigenvalue weighted by Gasteiger charge is -2.28. The molecule has 2 nitrogen and oxygen atoms in total. The van der Waals surface area contributed by atoms with Crippen LogP contribution in [0.25, 0.3) is 0 Å². The van der Waals surface area contributed by atoms with Gasteiger partial charge in [-0.3, -0.25) is 4.79 Å². The van der Waals surface area contributed by atoms with Crippen molar-refractivity contribution in [2.24, 2.45) is 5.41 Å². The smallest absolute Gasteiger partial charge is 0.312 e. The van der Waals surface area contributed by atoms with Crippen LogP contribution in [0.3, 0.4) is 0 Å². The maximum Gasteiger partial charge on any atom is 0.312 e. The van der Waals surface area contributed by atoms with Crippen LogP contribution in [-0.4, -0.2) is 12.1 Å². The summed E-state index contributed by atoms with van der Waals surface area (Å²) in [5, 5.41) is 0. The Morgan fingerprint density at radius 3 is 2.80 bits per heavy atom. The molecule has 1 saturated heterocycles. The number of hydrogen-bond acceptors (Lipinski definition) is 2. The molecule has 84 valence electrons. The van der Waals surface area contributed by atoms with Gasteiger partial charge in [0.2, 0.25) is 0 Å². The van der Waals surface area contributed by atoms with Gasteiger partial charge in [-0.15, -0.1) is 6.58 Å². The maximum atomic E-state index is 11.9. The third-order valence-electron chi connectivity index (χ3n) is 3.83. The summed E-state index contributed by atoms with van der Waals surface area (Å²) < 4.78 is 5.47. The summed E-state index contributed by atoms with van der Waals surface area (Å²) in [5.74, 6) is 0.0799. The van der Waals surface area contributed by atoms with E-state index in [1.54, 1.807) is 0 Å². The predicted molar refractivity (Wildman–Crippen MR) is 59.4 cm³/mol. The molecule has 1 aliphatic carbocycles. The largest absolute Gasteiger partial charge is 0.462 e. The zero-order valence-corrected chi connectivity index (χ0v) is 9.34. The monoisotopic (exact) mass is 208 g/mol. The van der Waals surface area contributed by atoms with Gasteiger partial charge in [-0.05, 0) is 25.7 Å². The van der Waals surface area contributed by atoms with Gasteiger partial charge in [-0.1, -0.05) is 25.3 Å². The summed E-state index contributed by atoms with van der Waals surface area (Å²) in [6.45, 7) is 3.70. The van der Waals surface area contributed by atoms with Gasteiger partial charge >= 0.3 is 5.97 Å². The van der Waals surface area contributed by atoms with E-state index in [4.69, 9.17) is 4.74 Å². The van der Waals surface area contributed by atoms with Gasteiger partial charge in [0.1, 0.15) is 6.10 Å². The van der Waals surface area contributed by atoms with E-state index in [0.717, 1.165) is 32.1 Å². The first-order chi connectivity index (χ1) is 7.27. The molecule has 2 heteroatoms. The molecule has 1 aliphatic heterocycles. The molecule has 0 aromatic carbocycles. The number of rotatable bonds is 3. The van der Waals surface area contributed by atoms with Crippen molar-refractivity contribution in [2.45, 2.75) is 57.5 Å². The second-order valence-electron chi connectivity index (χ2n) is 4.94. The van der Waals surface area contributed by atoms with Crippen molar-refractivity contribution in [1.82, 2.24) is 0 Å². The van der Waals surface area contributed by atoms with E-state index in [0.29, 0.717) is 0 Å². The Bertz CT molecular complexity index is 251. The Morgan fingerprint density at radius 2 is 2.13 bits per heavy atom. The van der Waals surface area contributed by atoms with Gasteiger partial charge in [0.15, 0.2) is 0 Å². The van der Waals surface area contributed by atoms with E-state index in [2.05, 4.69) is 6.58 Å². The lowest BCUT2D eigenvalue weighted by atomic mass is 9.72. The minimum absolute atomic E-state index is 0.0799. The fourth-order valence-corrected chi connectivity index (χ4v) is 2.94. The number of cyclic esters (lactones) is 1. The zero-order valence-electron chi connectivity index (χ0n) is 9.34. The Kier molecular flexibility index (Phi) is 3.13. The first-order valence-corrected chi connectivity index (χ1v) is 6.09. The number of hydrogen-bond donors (Lipinski definition) is 0. The highest BCUT2D eigenvalue weighted by atomic mass is 16.6. The molecule has 1 atom stereocenters. The van der Waals surface area contributed by atoms with E-state index in [-0.39, 0.29) is 17.5 Å². The quantitative estimate of drug-likeness (QED) is 0.526. The van der Waals surface area contributed by atoms with Gasteiger partial charge in [-0.2, -0.15) is 0 Å². The van der Waals surface area contributed by atoms with Crippen molar-refractivity contribution in [3.05, 3.63) is 12.7 Å². The minimum atomic E-state index is -0.0932. The van der Waals surface area contributed by atoms with Crippen LogP contribution in [-0.2, 0) is 9.53 Å². The molecule has 1 heterocycles. The van der Waals surface area contributed by atoms with E-state index in [1.807, 2.05) is 6.08 Å². The molecule has 0 aromatic heterocycles. The van der Waals surface area contributed by atoms with E-state index in [9.17, 15) is 4.79 Å². The standard InChI is InChI=1S/C13H20O2/c1-2-3-7-11-10-13(12(14)15-11)8-5-4-6-9-13/h2,11H,1,3-10H2. The van der Waals surface area contributed by atoms with Crippen LogP contribution in [0.5, 0.6) is 0 Å². The molecule has 0 N–H and O–H groups in total. The van der Waals surface area contributed by atoms with Crippen LogP contribution >= 0.6 is 0 Å². The molecule has 2 rings (SSSR count). The second-order valence-corrected chi connectivity index (χ2v) is 4.94. The topological polar surface area (TPSA) is 26.3 Å². The van der Waals surface area contributed by atoms with Crippen molar-refractivity contribution in [1.29, 1.82) is 0 Å². The zero-order chi connectivity index (χ0) is 10.7. The fourth-order valence-electron chi connectivity index (χ4n) is 2.94. The Labute approximate surface area is 91.7 Å². The molecular weight excluding hydrogens is 188 g/mol. The summed E-state index contributed by atoms with van der Waals surface area (Å²) >= 11 is 0. The maximum absolute atomic E-state index is 11.9. The highest BCUT2D eigenvalue weighted by molar-refractivity contribution is 5.79. The molecule has 1 spiro atoms. The van der Waals surface area contributed by atoms with Crippen molar-refractivity contribution < 1.29 is 9.53 Å². The molecule has 1 saturated carbocycles. The van der Waals surface area contributed by atoms with E-state index < -0.39 is 0 Å². The van der Waals surface area contributed by atoms with Crippen LogP contribution in [0.2, 0.25) is 0 Å². The number of allylic oxidation sites excluding steroid dienone is 1. The van der Waals surface area contributed by atoms with Crippen molar-refractivity contribution >= 4 is 5.97 Å². The number of carbonyl (C=O) groups excluding carboxylic acids is 1. The van der Waals surface area contributed by atoms with Crippen LogP contribution in [0.4, 0.5) is 0 Å². The van der Waals surface area contributed by atoms with Gasteiger partial charge in [0.25, 0.3) is 0 Å². The third kappa shape index (κ3) is 2.09. The summed E-state index contributed by atoms with van der Waals surface area (Å²) in [4.78, 5) is 11.9. The van der Waals surface area contributed by atoms with E-state index in [1.165, 1.54) is 19.3 Å². The van der Waals surface area contributed by atoms with E-state index >= 15 is 0 Å². The molecule has 0 radical (unpaired) electrons. The average Bonchev–Trinajstić information content (AvgIpc) is 2.54. The van der Waals surface area contributed by atoms with Gasteiger partial charge in [0.05, 0.1) is 5.41 Å². The number of esters is 1. The van der Waals surface area contributed by atoms with Crippen LogP contribution in [0.1, 0.15) is 51.4 Å². The summed E-state index contributed by atoms with van der Waals surface area (Å²) in [6, 6.07) is 0. The molecule has 2 fully saturated rings. The summed E-state index contributed by atoms with van der Waals surface area (Å²) in [7, 11) is 0. The van der Waals surface area contributed by atoms with Crippen molar-refractivity contribution in [3.8, 4) is 0 Å². The van der Waals surface area contributed by atoms with Crippen LogP contribution < -0.4 is 0 Å². The molecule has 0 aromatic rings. The van der Waals surface area contributed by atoms with Gasteiger partial charge in [0, 0.05) is 6.42 Å². The normalized spacial score (nSPS) is 29.1. The number of carbonyl (C=O) groups is 1. The Morgan fingerprint density at radius 1 is 1.40 bits per heavy atom. The second kappa shape index (κ2) is 4.38. The molecule has 0 bridgehead atoms. The van der Waals surface area contributed by atoms with Gasteiger partial charge < -0.3 is 4.74 Å². The molecular formula is C13H20O2.